The van der Waals surface area contributed by atoms with E-state index in [0.717, 1.165) is 25.3 Å². The fourth-order valence-corrected chi connectivity index (χ4v) is 2.95. The molecule has 1 unspecified atom stereocenters. The number of hydrogen-bond donors (Lipinski definition) is 2. The van der Waals surface area contributed by atoms with E-state index >= 15 is 0 Å². The monoisotopic (exact) mass is 307 g/mol. The molecule has 1 saturated carbocycles. The summed E-state index contributed by atoms with van der Waals surface area (Å²) in [5, 5.41) is 6.71. The van der Waals surface area contributed by atoms with Crippen molar-refractivity contribution in [2.45, 2.75) is 37.6 Å². The molecule has 122 valence electrons. The number of ether oxygens (including phenoxy) is 1. The number of hydrogen-bond acceptors (Lipinski definition) is 2. The van der Waals surface area contributed by atoms with Crippen molar-refractivity contribution in [3.8, 4) is 0 Å². The third-order valence-electron chi connectivity index (χ3n) is 4.38. The zero-order valence-electron chi connectivity index (χ0n) is 13.7. The molecule has 0 saturated heterocycles. The summed E-state index contributed by atoms with van der Waals surface area (Å²) < 4.78 is 18.3. The summed E-state index contributed by atoms with van der Waals surface area (Å²) in [5.41, 5.74) is 1.29. The van der Waals surface area contributed by atoms with Crippen LogP contribution in [0.25, 0.3) is 0 Å². The van der Waals surface area contributed by atoms with Crippen LogP contribution in [0.1, 0.15) is 31.7 Å². The van der Waals surface area contributed by atoms with Crippen molar-refractivity contribution in [1.82, 2.24) is 10.6 Å². The van der Waals surface area contributed by atoms with Crippen LogP contribution in [0.2, 0.25) is 0 Å². The number of aliphatic imine (C=N–C) groups is 1. The Morgan fingerprint density at radius 1 is 1.36 bits per heavy atom. The first-order valence-corrected chi connectivity index (χ1v) is 7.82. The van der Waals surface area contributed by atoms with Crippen LogP contribution in [0.4, 0.5) is 4.39 Å². The summed E-state index contributed by atoms with van der Waals surface area (Å²) in [6.07, 6.45) is 3.46. The van der Waals surface area contributed by atoms with Crippen molar-refractivity contribution in [3.05, 3.63) is 35.6 Å². The van der Waals surface area contributed by atoms with Crippen LogP contribution in [0.3, 0.4) is 0 Å². The lowest BCUT2D eigenvalue weighted by Crippen LogP contribution is -2.51. The normalized spacial score (nSPS) is 18.5. The summed E-state index contributed by atoms with van der Waals surface area (Å²) >= 11 is 0. The lowest BCUT2D eigenvalue weighted by molar-refractivity contribution is 0.178. The smallest absolute Gasteiger partial charge is 0.191 e. The molecule has 1 aromatic carbocycles. The SMILES string of the molecule is CN=C(NCC1(c2ccc(F)cc2)CCC1)NC(C)COC. The van der Waals surface area contributed by atoms with Crippen molar-refractivity contribution in [2.75, 3.05) is 27.3 Å². The maximum Gasteiger partial charge on any atom is 0.191 e. The van der Waals surface area contributed by atoms with Crippen molar-refractivity contribution >= 4 is 5.96 Å². The zero-order valence-corrected chi connectivity index (χ0v) is 13.7. The van der Waals surface area contributed by atoms with Crippen molar-refractivity contribution in [1.29, 1.82) is 0 Å². The predicted octanol–water partition coefficient (Wildman–Crippen LogP) is 2.45. The maximum atomic E-state index is 13.1. The second kappa shape index (κ2) is 7.58. The van der Waals surface area contributed by atoms with Gasteiger partial charge in [0.05, 0.1) is 6.61 Å². The number of benzene rings is 1. The van der Waals surface area contributed by atoms with E-state index in [9.17, 15) is 4.39 Å². The lowest BCUT2D eigenvalue weighted by Gasteiger charge is -2.43. The van der Waals surface area contributed by atoms with E-state index in [1.807, 2.05) is 12.1 Å². The molecule has 2 N–H and O–H groups in total. The highest BCUT2D eigenvalue weighted by Crippen LogP contribution is 2.43. The van der Waals surface area contributed by atoms with E-state index < -0.39 is 0 Å². The quantitative estimate of drug-likeness (QED) is 0.627. The van der Waals surface area contributed by atoms with E-state index in [1.54, 1.807) is 26.3 Å². The minimum Gasteiger partial charge on any atom is -0.383 e. The van der Waals surface area contributed by atoms with Gasteiger partial charge in [0.1, 0.15) is 5.82 Å². The van der Waals surface area contributed by atoms with E-state index in [0.29, 0.717) is 6.61 Å². The van der Waals surface area contributed by atoms with Gasteiger partial charge >= 0.3 is 0 Å². The molecule has 1 atom stereocenters. The Morgan fingerprint density at radius 3 is 2.55 bits per heavy atom. The molecule has 0 heterocycles. The Morgan fingerprint density at radius 2 is 2.05 bits per heavy atom. The fraction of sp³-hybridized carbons (Fsp3) is 0.588. The molecular formula is C17H26FN3O. The Hall–Kier alpha value is -1.62. The van der Waals surface area contributed by atoms with Crippen molar-refractivity contribution in [3.63, 3.8) is 0 Å². The summed E-state index contributed by atoms with van der Waals surface area (Å²) in [7, 11) is 3.45. The van der Waals surface area contributed by atoms with Crippen LogP contribution in [-0.4, -0.2) is 39.3 Å². The predicted molar refractivity (Wildman–Crippen MR) is 87.8 cm³/mol. The van der Waals surface area contributed by atoms with Crippen molar-refractivity contribution < 1.29 is 9.13 Å². The van der Waals surface area contributed by atoms with Gasteiger partial charge in [0, 0.05) is 32.2 Å². The summed E-state index contributed by atoms with van der Waals surface area (Å²) in [4.78, 5) is 4.26. The highest BCUT2D eigenvalue weighted by molar-refractivity contribution is 5.80. The van der Waals surface area contributed by atoms with Crippen molar-refractivity contribution in [2.24, 2.45) is 4.99 Å². The minimum absolute atomic E-state index is 0.0931. The minimum atomic E-state index is -0.183. The first kappa shape index (κ1) is 16.7. The topological polar surface area (TPSA) is 45.7 Å². The zero-order chi connectivity index (χ0) is 16.0. The molecule has 1 aromatic rings. The molecule has 0 bridgehead atoms. The van der Waals surface area contributed by atoms with E-state index in [-0.39, 0.29) is 17.3 Å². The van der Waals surface area contributed by atoms with Gasteiger partial charge in [-0.05, 0) is 37.5 Å². The molecule has 0 amide bonds. The Balaban J connectivity index is 1.96. The fourth-order valence-electron chi connectivity index (χ4n) is 2.95. The van der Waals surface area contributed by atoms with Gasteiger partial charge in [-0.25, -0.2) is 4.39 Å². The molecule has 0 radical (unpaired) electrons. The number of methoxy groups -OCH3 is 1. The standard InChI is InChI=1S/C17H26FN3O/c1-13(11-22-3)21-16(19-2)20-12-17(9-4-10-17)14-5-7-15(18)8-6-14/h5-8,13H,4,9-12H2,1-3H3,(H2,19,20,21). The second-order valence-corrected chi connectivity index (χ2v) is 6.07. The molecule has 0 spiro atoms. The van der Waals surface area contributed by atoms with Gasteiger partial charge in [-0.1, -0.05) is 18.6 Å². The third kappa shape index (κ3) is 3.97. The van der Waals surface area contributed by atoms with Crippen LogP contribution in [0.5, 0.6) is 0 Å². The second-order valence-electron chi connectivity index (χ2n) is 6.07. The van der Waals surface area contributed by atoms with Crippen LogP contribution < -0.4 is 10.6 Å². The van der Waals surface area contributed by atoms with E-state index in [1.165, 1.54) is 12.0 Å². The molecule has 1 fully saturated rings. The average Bonchev–Trinajstić information content (AvgIpc) is 2.46. The van der Waals surface area contributed by atoms with Gasteiger partial charge in [0.2, 0.25) is 0 Å². The van der Waals surface area contributed by atoms with Gasteiger partial charge in [-0.15, -0.1) is 0 Å². The maximum absolute atomic E-state index is 13.1. The largest absolute Gasteiger partial charge is 0.383 e. The molecule has 22 heavy (non-hydrogen) atoms. The number of guanidine groups is 1. The molecule has 5 heteroatoms. The highest BCUT2D eigenvalue weighted by atomic mass is 19.1. The first-order chi connectivity index (χ1) is 10.6. The van der Waals surface area contributed by atoms with E-state index in [2.05, 4.69) is 22.5 Å². The van der Waals surface area contributed by atoms with Gasteiger partial charge < -0.3 is 15.4 Å². The van der Waals surface area contributed by atoms with Crippen LogP contribution in [0.15, 0.2) is 29.3 Å². The molecular weight excluding hydrogens is 281 g/mol. The third-order valence-corrected chi connectivity index (χ3v) is 4.38. The van der Waals surface area contributed by atoms with Crippen LogP contribution in [-0.2, 0) is 10.2 Å². The first-order valence-electron chi connectivity index (χ1n) is 7.82. The average molecular weight is 307 g/mol. The molecule has 0 aromatic heterocycles. The van der Waals surface area contributed by atoms with Gasteiger partial charge in [-0.2, -0.15) is 0 Å². The Bertz CT molecular complexity index is 497. The van der Waals surface area contributed by atoms with Gasteiger partial charge in [0.15, 0.2) is 5.96 Å². The van der Waals surface area contributed by atoms with E-state index in [4.69, 9.17) is 4.74 Å². The van der Waals surface area contributed by atoms with Gasteiger partial charge in [-0.3, -0.25) is 4.99 Å². The summed E-state index contributed by atoms with van der Waals surface area (Å²) in [5.74, 6) is 0.593. The summed E-state index contributed by atoms with van der Waals surface area (Å²) in [6.45, 7) is 3.48. The van der Waals surface area contributed by atoms with Crippen LogP contribution >= 0.6 is 0 Å². The van der Waals surface area contributed by atoms with Gasteiger partial charge in [0.25, 0.3) is 0 Å². The molecule has 1 aliphatic carbocycles. The number of nitrogens with one attached hydrogen (secondary N) is 2. The summed E-state index contributed by atoms with van der Waals surface area (Å²) in [6, 6.07) is 7.09. The lowest BCUT2D eigenvalue weighted by atomic mass is 9.64. The number of rotatable bonds is 6. The molecule has 1 aliphatic rings. The number of halogens is 1. The molecule has 2 rings (SSSR count). The van der Waals surface area contributed by atoms with Crippen LogP contribution in [0, 0.1) is 5.82 Å². The Kier molecular flexibility index (Phi) is 5.77. The molecule has 0 aliphatic heterocycles. The Labute approximate surface area is 132 Å². The molecule has 4 nitrogen and oxygen atoms in total. The number of nitrogens with zero attached hydrogens (tertiary/aromatic N) is 1. The highest BCUT2D eigenvalue weighted by Gasteiger charge is 2.38.